The summed E-state index contributed by atoms with van der Waals surface area (Å²) in [6, 6.07) is 10.6. The highest BCUT2D eigenvalue weighted by Crippen LogP contribution is 2.44. The van der Waals surface area contributed by atoms with Crippen LogP contribution in [0.25, 0.3) is 0 Å². The van der Waals surface area contributed by atoms with Crippen molar-refractivity contribution in [2.24, 2.45) is 11.7 Å². The Morgan fingerprint density at radius 1 is 1.31 bits per heavy atom. The number of pyridine rings is 1. The largest absolute Gasteiger partial charge is 0.462 e. The maximum Gasteiger partial charge on any atom is 0.338 e. The average Bonchev–Trinajstić information content (AvgIpc) is 2.67. The first-order valence-corrected chi connectivity index (χ1v) is 9.46. The first-order chi connectivity index (χ1) is 12.5. The highest BCUT2D eigenvalue weighted by molar-refractivity contribution is 7.80. The average molecular weight is 389 g/mol. The van der Waals surface area contributed by atoms with Crippen LogP contribution in [-0.4, -0.2) is 22.5 Å². The number of ether oxygens (including phenoxy) is 1. The molecule has 1 aromatic heterocycles. The van der Waals surface area contributed by atoms with E-state index in [0.29, 0.717) is 15.6 Å². The van der Waals surface area contributed by atoms with Crippen LogP contribution in [-0.2, 0) is 10.2 Å². The Kier molecular flexibility index (Phi) is 5.89. The van der Waals surface area contributed by atoms with Gasteiger partial charge in [-0.25, -0.2) is 4.79 Å². The van der Waals surface area contributed by atoms with E-state index in [1.807, 2.05) is 18.3 Å². The lowest BCUT2D eigenvalue weighted by Crippen LogP contribution is -2.50. The van der Waals surface area contributed by atoms with Crippen molar-refractivity contribution in [1.82, 2.24) is 4.98 Å². The van der Waals surface area contributed by atoms with Crippen molar-refractivity contribution in [2.75, 3.05) is 6.61 Å². The van der Waals surface area contributed by atoms with Gasteiger partial charge in [-0.15, -0.1) is 0 Å². The van der Waals surface area contributed by atoms with E-state index in [4.69, 9.17) is 34.3 Å². The highest BCUT2D eigenvalue weighted by Gasteiger charge is 2.45. The van der Waals surface area contributed by atoms with E-state index in [-0.39, 0.29) is 18.5 Å². The van der Waals surface area contributed by atoms with Crippen LogP contribution in [0.2, 0.25) is 5.02 Å². The fourth-order valence-corrected chi connectivity index (χ4v) is 4.30. The SMILES string of the molecule is NC(=S)C1(c2cccnc2)CCCCC1COC(=O)c1ccc(Cl)cc1. The van der Waals surface area contributed by atoms with Crippen LogP contribution < -0.4 is 5.73 Å². The molecule has 0 bridgehead atoms. The second-order valence-electron chi connectivity index (χ2n) is 6.63. The lowest BCUT2D eigenvalue weighted by atomic mass is 9.63. The number of hydrogen-bond donors (Lipinski definition) is 1. The molecule has 1 aromatic carbocycles. The molecule has 2 N–H and O–H groups in total. The number of carbonyl (C=O) groups excluding carboxylic acids is 1. The van der Waals surface area contributed by atoms with Gasteiger partial charge < -0.3 is 10.5 Å². The summed E-state index contributed by atoms with van der Waals surface area (Å²) >= 11 is 11.3. The molecule has 6 heteroatoms. The predicted octanol–water partition coefficient (Wildman–Crippen LogP) is 4.31. The molecule has 1 fully saturated rings. The number of nitrogens with zero attached hydrogens (tertiary/aromatic N) is 1. The maximum atomic E-state index is 12.4. The van der Waals surface area contributed by atoms with E-state index in [1.165, 1.54) is 0 Å². The second-order valence-corrected chi connectivity index (χ2v) is 7.50. The molecular formula is C20H21ClN2O2S. The number of halogens is 1. The summed E-state index contributed by atoms with van der Waals surface area (Å²) < 4.78 is 5.62. The molecule has 1 saturated carbocycles. The van der Waals surface area contributed by atoms with Crippen molar-refractivity contribution < 1.29 is 9.53 Å². The number of esters is 1. The van der Waals surface area contributed by atoms with Gasteiger partial charge in [0.15, 0.2) is 0 Å². The smallest absolute Gasteiger partial charge is 0.338 e. The van der Waals surface area contributed by atoms with Crippen LogP contribution in [0.1, 0.15) is 41.6 Å². The van der Waals surface area contributed by atoms with Gasteiger partial charge in [0, 0.05) is 23.3 Å². The molecular weight excluding hydrogens is 368 g/mol. The zero-order valence-electron chi connectivity index (χ0n) is 14.4. The Bertz CT molecular complexity index is 782. The van der Waals surface area contributed by atoms with E-state index in [1.54, 1.807) is 30.5 Å². The first kappa shape index (κ1) is 18.8. The third kappa shape index (κ3) is 3.74. The summed E-state index contributed by atoms with van der Waals surface area (Å²) in [5.41, 5.74) is 7.20. The fraction of sp³-hybridized carbons (Fsp3) is 0.350. The molecule has 1 heterocycles. The minimum absolute atomic E-state index is 0.0363. The lowest BCUT2D eigenvalue weighted by Gasteiger charge is -2.43. The summed E-state index contributed by atoms with van der Waals surface area (Å²) in [5, 5.41) is 0.581. The molecule has 26 heavy (non-hydrogen) atoms. The van der Waals surface area contributed by atoms with Gasteiger partial charge >= 0.3 is 5.97 Å². The third-order valence-electron chi connectivity index (χ3n) is 5.18. The van der Waals surface area contributed by atoms with Crippen molar-refractivity contribution in [3.63, 3.8) is 0 Å². The molecule has 2 aromatic rings. The predicted molar refractivity (Wildman–Crippen MR) is 106 cm³/mol. The van der Waals surface area contributed by atoms with E-state index >= 15 is 0 Å². The molecule has 0 spiro atoms. The van der Waals surface area contributed by atoms with Gasteiger partial charge in [0.1, 0.15) is 0 Å². The number of carbonyl (C=O) groups is 1. The Morgan fingerprint density at radius 3 is 2.73 bits per heavy atom. The van der Waals surface area contributed by atoms with Crippen molar-refractivity contribution in [1.29, 1.82) is 0 Å². The maximum absolute atomic E-state index is 12.4. The summed E-state index contributed by atoms with van der Waals surface area (Å²) in [6.45, 7) is 0.272. The number of rotatable bonds is 5. The Hall–Kier alpha value is -1.98. The van der Waals surface area contributed by atoms with Crippen LogP contribution in [0.4, 0.5) is 0 Å². The number of aromatic nitrogens is 1. The highest BCUT2D eigenvalue weighted by atomic mass is 35.5. The lowest BCUT2D eigenvalue weighted by molar-refractivity contribution is 0.0354. The molecule has 0 amide bonds. The normalized spacial score (nSPS) is 22.6. The van der Waals surface area contributed by atoms with Crippen molar-refractivity contribution >= 4 is 34.8 Å². The Balaban J connectivity index is 1.81. The van der Waals surface area contributed by atoms with Gasteiger partial charge in [-0.2, -0.15) is 0 Å². The van der Waals surface area contributed by atoms with Crippen LogP contribution in [0.15, 0.2) is 48.8 Å². The fourth-order valence-electron chi connectivity index (χ4n) is 3.79. The molecule has 1 aliphatic carbocycles. The van der Waals surface area contributed by atoms with Crippen molar-refractivity contribution in [2.45, 2.75) is 31.1 Å². The summed E-state index contributed by atoms with van der Waals surface area (Å²) in [7, 11) is 0. The summed E-state index contributed by atoms with van der Waals surface area (Å²) in [4.78, 5) is 17.1. The van der Waals surface area contributed by atoms with Crippen LogP contribution in [0.5, 0.6) is 0 Å². The second kappa shape index (κ2) is 8.14. The van der Waals surface area contributed by atoms with Gasteiger partial charge in [-0.1, -0.05) is 42.7 Å². The van der Waals surface area contributed by atoms with E-state index in [0.717, 1.165) is 31.2 Å². The number of nitrogens with two attached hydrogens (primary N) is 1. The molecule has 1 aliphatic rings. The van der Waals surface area contributed by atoms with Gasteiger partial charge in [-0.05, 0) is 48.7 Å². The van der Waals surface area contributed by atoms with Crippen LogP contribution in [0.3, 0.4) is 0 Å². The number of hydrogen-bond acceptors (Lipinski definition) is 4. The topological polar surface area (TPSA) is 65.2 Å². The third-order valence-corrected chi connectivity index (χ3v) is 5.80. The quantitative estimate of drug-likeness (QED) is 0.610. The first-order valence-electron chi connectivity index (χ1n) is 8.67. The van der Waals surface area contributed by atoms with Crippen molar-refractivity contribution in [3.8, 4) is 0 Å². The van der Waals surface area contributed by atoms with E-state index in [2.05, 4.69) is 4.98 Å². The summed E-state index contributed by atoms with van der Waals surface area (Å²) in [5.74, 6) is -0.329. The zero-order chi connectivity index (χ0) is 18.6. The molecule has 2 unspecified atom stereocenters. The van der Waals surface area contributed by atoms with Gasteiger partial charge in [0.05, 0.1) is 22.6 Å². The van der Waals surface area contributed by atoms with Crippen LogP contribution in [0, 0.1) is 5.92 Å². The van der Waals surface area contributed by atoms with Gasteiger partial charge in [0.25, 0.3) is 0 Å². The van der Waals surface area contributed by atoms with Gasteiger partial charge in [0.2, 0.25) is 0 Å². The number of thiocarbonyl (C=S) groups is 1. The molecule has 2 atom stereocenters. The molecule has 0 radical (unpaired) electrons. The standard InChI is InChI=1S/C20H21ClN2O2S/c21-17-8-6-14(7-9-17)18(24)25-13-16-4-1-2-10-20(16,19(22)26)15-5-3-11-23-12-15/h3,5-9,11-12,16H,1-2,4,10,13H2,(H2,22,26). The molecule has 136 valence electrons. The molecule has 0 saturated heterocycles. The summed E-state index contributed by atoms with van der Waals surface area (Å²) in [6.07, 6.45) is 7.40. The van der Waals surface area contributed by atoms with Crippen LogP contribution >= 0.6 is 23.8 Å². The molecule has 0 aliphatic heterocycles. The Morgan fingerprint density at radius 2 is 2.08 bits per heavy atom. The molecule has 4 nitrogen and oxygen atoms in total. The van der Waals surface area contributed by atoms with Crippen molar-refractivity contribution in [3.05, 3.63) is 64.9 Å². The van der Waals surface area contributed by atoms with E-state index in [9.17, 15) is 4.79 Å². The minimum Gasteiger partial charge on any atom is -0.462 e. The van der Waals surface area contributed by atoms with E-state index < -0.39 is 5.41 Å². The monoisotopic (exact) mass is 388 g/mol. The van der Waals surface area contributed by atoms with Gasteiger partial charge in [-0.3, -0.25) is 4.98 Å². The minimum atomic E-state index is -0.484. The Labute approximate surface area is 163 Å². The number of benzene rings is 1. The zero-order valence-corrected chi connectivity index (χ0v) is 15.9. The molecule has 3 rings (SSSR count).